The second kappa shape index (κ2) is 8.87. The van der Waals surface area contributed by atoms with Gasteiger partial charge in [-0.3, -0.25) is 14.9 Å². The monoisotopic (exact) mass is 411 g/mol. The van der Waals surface area contributed by atoms with Crippen LogP contribution in [0.2, 0.25) is 0 Å². The van der Waals surface area contributed by atoms with Crippen LogP contribution in [0.15, 0.2) is 53.7 Å². The van der Waals surface area contributed by atoms with Crippen molar-refractivity contribution in [2.75, 3.05) is 5.32 Å². The molecule has 1 aromatic heterocycles. The summed E-state index contributed by atoms with van der Waals surface area (Å²) in [5, 5.41) is 22.5. The Labute approximate surface area is 172 Å². The predicted octanol–water partition coefficient (Wildman–Crippen LogP) is 4.30. The number of aryl methyl sites for hydroxylation is 1. The third-order valence-corrected chi connectivity index (χ3v) is 5.40. The maximum atomic E-state index is 12.5. The van der Waals surface area contributed by atoms with E-state index in [4.69, 9.17) is 0 Å². The molecule has 1 atom stereocenters. The number of benzene rings is 2. The Hall–Kier alpha value is -3.20. The number of nitrogens with one attached hydrogen (secondary N) is 1. The van der Waals surface area contributed by atoms with Crippen molar-refractivity contribution >= 4 is 29.0 Å². The molecule has 2 aromatic carbocycles. The number of hydrogen-bond donors (Lipinski definition) is 1. The van der Waals surface area contributed by atoms with E-state index in [0.717, 1.165) is 11.3 Å². The number of anilines is 1. The predicted molar refractivity (Wildman–Crippen MR) is 113 cm³/mol. The maximum Gasteiger partial charge on any atom is 0.270 e. The molecule has 0 saturated heterocycles. The van der Waals surface area contributed by atoms with Gasteiger partial charge < -0.3 is 9.88 Å². The first-order chi connectivity index (χ1) is 13.9. The number of rotatable bonds is 7. The van der Waals surface area contributed by atoms with Gasteiger partial charge in [-0.2, -0.15) is 0 Å². The molecule has 9 heteroatoms. The molecule has 1 amide bonds. The molecule has 0 bridgehead atoms. The fourth-order valence-corrected chi connectivity index (χ4v) is 3.64. The number of amides is 1. The largest absolute Gasteiger partial charge is 0.325 e. The van der Waals surface area contributed by atoms with Crippen LogP contribution < -0.4 is 5.32 Å². The number of nitro benzene ring substituents is 1. The van der Waals surface area contributed by atoms with E-state index in [1.54, 1.807) is 19.1 Å². The molecule has 0 aliphatic heterocycles. The van der Waals surface area contributed by atoms with Gasteiger partial charge in [-0.1, -0.05) is 41.6 Å². The van der Waals surface area contributed by atoms with Crippen LogP contribution in [0.5, 0.6) is 0 Å². The van der Waals surface area contributed by atoms with E-state index in [-0.39, 0.29) is 11.6 Å². The molecule has 3 aromatic rings. The summed E-state index contributed by atoms with van der Waals surface area (Å²) >= 11 is 1.29. The normalized spacial score (nSPS) is 11.8. The van der Waals surface area contributed by atoms with Gasteiger partial charge >= 0.3 is 0 Å². The Morgan fingerprint density at radius 3 is 2.62 bits per heavy atom. The minimum Gasteiger partial charge on any atom is -0.325 e. The summed E-state index contributed by atoms with van der Waals surface area (Å²) in [6.07, 6.45) is 0. The number of nitrogens with zero attached hydrogens (tertiary/aromatic N) is 4. The molecule has 3 rings (SSSR count). The number of nitro groups is 1. The van der Waals surface area contributed by atoms with Crippen molar-refractivity contribution in [2.45, 2.75) is 37.7 Å². The summed E-state index contributed by atoms with van der Waals surface area (Å²) in [5.74, 6) is 0.395. The molecule has 0 spiro atoms. The number of hydrogen-bond acceptors (Lipinski definition) is 6. The van der Waals surface area contributed by atoms with Gasteiger partial charge in [0, 0.05) is 29.9 Å². The Kier molecular flexibility index (Phi) is 6.28. The van der Waals surface area contributed by atoms with Crippen LogP contribution >= 0.6 is 11.8 Å². The molecule has 0 aliphatic carbocycles. The first-order valence-corrected chi connectivity index (χ1v) is 9.99. The molecule has 0 saturated carbocycles. The zero-order valence-corrected chi connectivity index (χ0v) is 17.1. The first-order valence-electron chi connectivity index (χ1n) is 9.11. The summed E-state index contributed by atoms with van der Waals surface area (Å²) in [4.78, 5) is 23.1. The number of non-ortho nitro benzene ring substituents is 1. The Balaban J connectivity index is 1.77. The van der Waals surface area contributed by atoms with Crippen molar-refractivity contribution in [3.63, 3.8) is 0 Å². The molecule has 8 nitrogen and oxygen atoms in total. The molecule has 0 fully saturated rings. The topological polar surface area (TPSA) is 103 Å². The van der Waals surface area contributed by atoms with Crippen molar-refractivity contribution in [1.29, 1.82) is 0 Å². The van der Waals surface area contributed by atoms with E-state index < -0.39 is 10.2 Å². The van der Waals surface area contributed by atoms with Crippen LogP contribution in [0.4, 0.5) is 11.4 Å². The van der Waals surface area contributed by atoms with Crippen LogP contribution in [0.25, 0.3) is 11.4 Å². The van der Waals surface area contributed by atoms with Gasteiger partial charge in [-0.15, -0.1) is 10.2 Å². The summed E-state index contributed by atoms with van der Waals surface area (Å²) in [5.41, 5.74) is 2.46. The quantitative estimate of drug-likeness (QED) is 0.353. The smallest absolute Gasteiger partial charge is 0.270 e. The van der Waals surface area contributed by atoms with Crippen molar-refractivity contribution < 1.29 is 9.72 Å². The molecule has 1 heterocycles. The summed E-state index contributed by atoms with van der Waals surface area (Å²) in [6, 6.07) is 13.9. The third kappa shape index (κ3) is 4.80. The van der Waals surface area contributed by atoms with Gasteiger partial charge in [0.05, 0.1) is 10.2 Å². The average Bonchev–Trinajstić information content (AvgIpc) is 3.12. The van der Waals surface area contributed by atoms with E-state index in [0.29, 0.717) is 23.1 Å². The molecule has 29 heavy (non-hydrogen) atoms. The van der Waals surface area contributed by atoms with Gasteiger partial charge in [0.15, 0.2) is 11.0 Å². The van der Waals surface area contributed by atoms with E-state index in [1.165, 1.54) is 23.9 Å². The molecule has 0 aliphatic rings. The van der Waals surface area contributed by atoms with Gasteiger partial charge in [0.2, 0.25) is 5.91 Å². The lowest BCUT2D eigenvalue weighted by Crippen LogP contribution is -2.22. The van der Waals surface area contributed by atoms with Crippen LogP contribution in [0.3, 0.4) is 0 Å². The lowest BCUT2D eigenvalue weighted by Gasteiger charge is -2.13. The summed E-state index contributed by atoms with van der Waals surface area (Å²) < 4.78 is 1.85. The zero-order chi connectivity index (χ0) is 21.0. The molecular formula is C20H21N5O3S. The van der Waals surface area contributed by atoms with E-state index in [1.807, 2.05) is 42.7 Å². The highest BCUT2D eigenvalue weighted by Gasteiger charge is 2.21. The molecule has 0 radical (unpaired) electrons. The number of carbonyl (C=O) groups excluding carboxylic acids is 1. The first kappa shape index (κ1) is 20.5. The third-order valence-electron chi connectivity index (χ3n) is 4.32. The Morgan fingerprint density at radius 1 is 1.24 bits per heavy atom. The molecule has 150 valence electrons. The van der Waals surface area contributed by atoms with Crippen molar-refractivity contribution in [2.24, 2.45) is 0 Å². The van der Waals surface area contributed by atoms with E-state index >= 15 is 0 Å². The number of carbonyl (C=O) groups is 1. The highest BCUT2D eigenvalue weighted by atomic mass is 32.2. The Morgan fingerprint density at radius 2 is 1.97 bits per heavy atom. The van der Waals surface area contributed by atoms with Gasteiger partial charge in [0.25, 0.3) is 5.69 Å². The SMILES string of the molecule is CCn1c(SC(C)C(=O)Nc2ccc(C)cc2)nnc1-c1cccc([N+](=O)[O-])c1. The fraction of sp³-hybridized carbons (Fsp3) is 0.250. The lowest BCUT2D eigenvalue weighted by atomic mass is 10.2. The number of aromatic nitrogens is 3. The average molecular weight is 411 g/mol. The molecular weight excluding hydrogens is 390 g/mol. The van der Waals surface area contributed by atoms with E-state index in [2.05, 4.69) is 15.5 Å². The fourth-order valence-electron chi connectivity index (χ4n) is 2.73. The minimum absolute atomic E-state index is 0.00630. The second-order valence-electron chi connectivity index (χ2n) is 6.47. The number of thioether (sulfide) groups is 1. The highest BCUT2D eigenvalue weighted by Crippen LogP contribution is 2.29. The molecule has 1 N–H and O–H groups in total. The van der Waals surface area contributed by atoms with Gasteiger partial charge in [-0.05, 0) is 32.9 Å². The zero-order valence-electron chi connectivity index (χ0n) is 16.3. The summed E-state index contributed by atoms with van der Waals surface area (Å²) in [6.45, 7) is 6.29. The second-order valence-corrected chi connectivity index (χ2v) is 7.78. The highest BCUT2D eigenvalue weighted by molar-refractivity contribution is 8.00. The standard InChI is InChI=1S/C20H21N5O3S/c1-4-24-18(15-6-5-7-17(12-15)25(27)28)22-23-20(24)29-14(3)19(26)21-16-10-8-13(2)9-11-16/h5-12,14H,4H2,1-3H3,(H,21,26). The maximum absolute atomic E-state index is 12.5. The van der Waals surface area contributed by atoms with Crippen LogP contribution in [-0.4, -0.2) is 30.8 Å². The van der Waals surface area contributed by atoms with Crippen LogP contribution in [0, 0.1) is 17.0 Å². The van der Waals surface area contributed by atoms with Crippen LogP contribution in [0.1, 0.15) is 19.4 Å². The lowest BCUT2D eigenvalue weighted by molar-refractivity contribution is -0.384. The van der Waals surface area contributed by atoms with Gasteiger partial charge in [0.1, 0.15) is 0 Å². The Bertz CT molecular complexity index is 1030. The van der Waals surface area contributed by atoms with E-state index in [9.17, 15) is 14.9 Å². The van der Waals surface area contributed by atoms with Crippen molar-refractivity contribution in [3.05, 3.63) is 64.2 Å². The molecule has 1 unspecified atom stereocenters. The van der Waals surface area contributed by atoms with Crippen LogP contribution in [-0.2, 0) is 11.3 Å². The van der Waals surface area contributed by atoms with Gasteiger partial charge in [-0.25, -0.2) is 0 Å². The minimum atomic E-state index is -0.441. The summed E-state index contributed by atoms with van der Waals surface area (Å²) in [7, 11) is 0. The van der Waals surface area contributed by atoms with Crippen molar-refractivity contribution in [1.82, 2.24) is 14.8 Å². The van der Waals surface area contributed by atoms with Crippen molar-refractivity contribution in [3.8, 4) is 11.4 Å².